The second-order valence-electron chi connectivity index (χ2n) is 17.9. The van der Waals surface area contributed by atoms with Crippen LogP contribution in [-0.4, -0.2) is 59.2 Å². The summed E-state index contributed by atoms with van der Waals surface area (Å²) in [6, 6.07) is 18.5. The molecule has 6 N–H and O–H groups in total. The molecule has 0 amide bonds. The number of phenolic OH excluding ortho intramolecular Hbond substituents is 6. The first-order valence-corrected chi connectivity index (χ1v) is 20.9. The minimum atomic E-state index is -1.18. The topological polar surface area (TPSA) is 200 Å². The molecule has 8 rings (SSSR count). The number of hydrogen-bond donors (Lipinski definition) is 6. The zero-order chi connectivity index (χ0) is 45.4. The van der Waals surface area contributed by atoms with Crippen molar-refractivity contribution in [3.63, 3.8) is 0 Å². The van der Waals surface area contributed by atoms with E-state index in [9.17, 15) is 45.0 Å². The number of allylic oxidation sites excluding steroid dienone is 1. The van der Waals surface area contributed by atoms with Crippen molar-refractivity contribution >= 4 is 23.4 Å². The highest BCUT2D eigenvalue weighted by Crippen LogP contribution is 2.66. The fourth-order valence-electron chi connectivity index (χ4n) is 9.73. The number of aryl methyl sites for hydroxylation is 1. The van der Waals surface area contributed by atoms with E-state index < -0.39 is 87.2 Å². The summed E-state index contributed by atoms with van der Waals surface area (Å²) in [5.74, 6) is -6.21. The van der Waals surface area contributed by atoms with Gasteiger partial charge in [0.05, 0.1) is 5.56 Å². The van der Waals surface area contributed by atoms with Gasteiger partial charge >= 0.3 is 0 Å². The number of aromatic hydroxyl groups is 6. The fraction of sp³-hybridized carbons (Fsp3) is 0.314. The number of phenols is 6. The first kappa shape index (κ1) is 42.7. The van der Waals surface area contributed by atoms with Gasteiger partial charge in [-0.25, -0.2) is 0 Å². The van der Waals surface area contributed by atoms with Crippen LogP contribution in [0.3, 0.4) is 0 Å². The molecule has 0 bridgehead atoms. The van der Waals surface area contributed by atoms with Gasteiger partial charge in [-0.2, -0.15) is 0 Å². The lowest BCUT2D eigenvalue weighted by atomic mass is 9.63. The molecule has 3 aliphatic heterocycles. The van der Waals surface area contributed by atoms with E-state index in [0.717, 1.165) is 12.5 Å². The standard InChI is InChI=1S/C51H50O12/c1-24-40(55)29(44(59)34(26(3)52)41(24)56)22-30-45(60)37(33(54)21-19-28-16-12-9-13-17-28)47-35-31(23-50(4,5)62-47)39-49(61-46(30)35)38-43(58)25(2)42(57)36(48(38)63-51(39,6)7)32(53)20-18-27-14-10-8-11-15-27/h8-17,19,21,31,39,49,55-60H,18,20,22-23H2,1-7H3/b21-19+/t31-,39+,49+/m0/s1. The van der Waals surface area contributed by atoms with Gasteiger partial charge in [-0.3, -0.25) is 14.4 Å². The van der Waals surface area contributed by atoms with Crippen LogP contribution >= 0.6 is 0 Å². The minimum absolute atomic E-state index is 0.0160. The number of carbonyl (C=O) groups excluding carboxylic acids is 3. The number of carbonyl (C=O) groups is 3. The number of Topliss-reactive ketones (excluding diaryl/α,β-unsaturated/α-hetero) is 2. The van der Waals surface area contributed by atoms with Gasteiger partial charge in [0.1, 0.15) is 85.7 Å². The summed E-state index contributed by atoms with van der Waals surface area (Å²) in [6.07, 6.45) is 2.00. The molecule has 12 nitrogen and oxygen atoms in total. The summed E-state index contributed by atoms with van der Waals surface area (Å²) >= 11 is 0. The predicted molar refractivity (Wildman–Crippen MR) is 234 cm³/mol. The highest BCUT2D eigenvalue weighted by Gasteiger charge is 2.59. The third kappa shape index (κ3) is 7.07. The minimum Gasteiger partial charge on any atom is -0.507 e. The van der Waals surface area contributed by atoms with E-state index in [-0.39, 0.29) is 68.4 Å². The molecule has 63 heavy (non-hydrogen) atoms. The predicted octanol–water partition coefficient (Wildman–Crippen LogP) is 9.61. The Bertz CT molecular complexity index is 2770. The van der Waals surface area contributed by atoms with Crippen LogP contribution in [-0.2, 0) is 12.8 Å². The summed E-state index contributed by atoms with van der Waals surface area (Å²) in [6.45, 7) is 11.4. The molecule has 0 saturated heterocycles. The molecular formula is C51H50O12. The van der Waals surface area contributed by atoms with Crippen molar-refractivity contribution in [2.24, 2.45) is 5.92 Å². The summed E-state index contributed by atoms with van der Waals surface area (Å²) in [7, 11) is 0. The van der Waals surface area contributed by atoms with Crippen molar-refractivity contribution in [1.82, 2.24) is 0 Å². The first-order chi connectivity index (χ1) is 29.7. The third-order valence-electron chi connectivity index (χ3n) is 12.8. The van der Waals surface area contributed by atoms with Crippen molar-refractivity contribution in [2.45, 2.75) is 97.4 Å². The second-order valence-corrected chi connectivity index (χ2v) is 17.9. The van der Waals surface area contributed by atoms with Crippen LogP contribution in [0.15, 0.2) is 66.7 Å². The average molecular weight is 855 g/mol. The van der Waals surface area contributed by atoms with E-state index in [1.165, 1.54) is 19.9 Å². The van der Waals surface area contributed by atoms with Crippen LogP contribution in [0.5, 0.6) is 51.7 Å². The highest BCUT2D eigenvalue weighted by molar-refractivity contribution is 6.12. The van der Waals surface area contributed by atoms with Gasteiger partial charge in [0.15, 0.2) is 17.3 Å². The Kier molecular flexibility index (Phi) is 10.5. The van der Waals surface area contributed by atoms with Crippen LogP contribution in [0.25, 0.3) is 6.08 Å². The number of benzene rings is 5. The molecule has 0 saturated carbocycles. The van der Waals surface area contributed by atoms with E-state index in [1.807, 2.05) is 88.4 Å². The van der Waals surface area contributed by atoms with E-state index in [0.29, 0.717) is 24.0 Å². The Morgan fingerprint density at radius 3 is 1.92 bits per heavy atom. The highest BCUT2D eigenvalue weighted by atomic mass is 16.5. The summed E-state index contributed by atoms with van der Waals surface area (Å²) in [4.78, 5) is 41.5. The Labute approximate surface area is 364 Å². The molecule has 0 radical (unpaired) electrons. The SMILES string of the molecule is CC(=O)c1c(O)c(C)c(O)c(Cc2c(O)c(C(=O)/C=C/c3ccccc3)c3c4c2O[C@@H]2c5c(O)c(C)c(O)c(C(=O)CCc6ccccc6)c5OC(C)(C)[C@@H]2[C@H]4CC(C)(C)O3)c1O. The largest absolute Gasteiger partial charge is 0.507 e. The van der Waals surface area contributed by atoms with Gasteiger partial charge in [-0.05, 0) is 78.5 Å². The molecule has 5 aromatic carbocycles. The smallest absolute Gasteiger partial charge is 0.193 e. The average Bonchev–Trinajstić information content (AvgIpc) is 3.22. The lowest BCUT2D eigenvalue weighted by Gasteiger charge is -2.54. The van der Waals surface area contributed by atoms with Crippen LogP contribution in [0.2, 0.25) is 0 Å². The van der Waals surface area contributed by atoms with E-state index >= 15 is 0 Å². The molecule has 12 heteroatoms. The first-order valence-electron chi connectivity index (χ1n) is 20.9. The molecule has 326 valence electrons. The van der Waals surface area contributed by atoms with Crippen molar-refractivity contribution in [2.75, 3.05) is 0 Å². The monoisotopic (exact) mass is 854 g/mol. The van der Waals surface area contributed by atoms with Gasteiger partial charge in [-0.1, -0.05) is 66.7 Å². The van der Waals surface area contributed by atoms with Crippen molar-refractivity contribution in [1.29, 1.82) is 0 Å². The maximum Gasteiger partial charge on any atom is 0.193 e. The normalized spacial score (nSPS) is 18.9. The third-order valence-corrected chi connectivity index (χ3v) is 12.8. The molecule has 0 fully saturated rings. The van der Waals surface area contributed by atoms with Crippen LogP contribution in [0, 0.1) is 19.8 Å². The molecule has 0 aromatic heterocycles. The van der Waals surface area contributed by atoms with Crippen LogP contribution in [0.1, 0.15) is 135 Å². The van der Waals surface area contributed by atoms with E-state index in [4.69, 9.17) is 14.2 Å². The van der Waals surface area contributed by atoms with Crippen LogP contribution < -0.4 is 14.2 Å². The Morgan fingerprint density at radius 1 is 0.683 bits per heavy atom. The number of rotatable bonds is 10. The number of fused-ring (bicyclic) bond motifs is 4. The summed E-state index contributed by atoms with van der Waals surface area (Å²) < 4.78 is 20.5. The molecule has 0 unspecified atom stereocenters. The quantitative estimate of drug-likeness (QED) is 0.0575. The van der Waals surface area contributed by atoms with E-state index in [2.05, 4.69) is 0 Å². The fourth-order valence-corrected chi connectivity index (χ4v) is 9.73. The Balaban J connectivity index is 1.38. The Hall–Kier alpha value is -6.95. The van der Waals surface area contributed by atoms with Crippen molar-refractivity contribution in [3.8, 4) is 51.7 Å². The number of hydrogen-bond acceptors (Lipinski definition) is 12. The van der Waals surface area contributed by atoms with Crippen LogP contribution in [0.4, 0.5) is 0 Å². The second kappa shape index (κ2) is 15.4. The van der Waals surface area contributed by atoms with Gasteiger partial charge in [0, 0.05) is 52.5 Å². The lowest BCUT2D eigenvalue weighted by molar-refractivity contribution is -0.0861. The zero-order valence-corrected chi connectivity index (χ0v) is 36.1. The number of ether oxygens (including phenoxy) is 3. The Morgan fingerprint density at radius 2 is 1.27 bits per heavy atom. The molecular weight excluding hydrogens is 805 g/mol. The van der Waals surface area contributed by atoms with E-state index in [1.54, 1.807) is 6.08 Å². The van der Waals surface area contributed by atoms with Crippen molar-refractivity contribution in [3.05, 3.63) is 128 Å². The molecule has 0 spiro atoms. The van der Waals surface area contributed by atoms with Crippen molar-refractivity contribution < 1.29 is 59.2 Å². The molecule has 0 aliphatic carbocycles. The maximum absolute atomic E-state index is 14.5. The van der Waals surface area contributed by atoms with Gasteiger partial charge in [-0.15, -0.1) is 0 Å². The molecule has 3 heterocycles. The molecule has 3 aliphatic rings. The van der Waals surface area contributed by atoms with Gasteiger partial charge in [0.25, 0.3) is 0 Å². The maximum atomic E-state index is 14.5. The zero-order valence-electron chi connectivity index (χ0n) is 36.1. The molecule has 3 atom stereocenters. The van der Waals surface area contributed by atoms with Gasteiger partial charge < -0.3 is 44.8 Å². The lowest BCUT2D eigenvalue weighted by Crippen LogP contribution is -2.53. The number of ketones is 3. The van der Waals surface area contributed by atoms with Gasteiger partial charge in [0.2, 0.25) is 0 Å². The molecule has 5 aromatic rings. The summed E-state index contributed by atoms with van der Waals surface area (Å²) in [5, 5.41) is 69.9. The summed E-state index contributed by atoms with van der Waals surface area (Å²) in [5.41, 5.74) is -1.12.